The molecular weight excluding hydrogens is 478 g/mol. The second kappa shape index (κ2) is 10.3. The highest BCUT2D eigenvalue weighted by atomic mass is 32.2. The fraction of sp³-hybridized carbons (Fsp3) is 0.367. The lowest BCUT2D eigenvalue weighted by molar-refractivity contribution is -0.113. The van der Waals surface area contributed by atoms with Crippen LogP contribution in [0.25, 0.3) is 28.1 Å². The van der Waals surface area contributed by atoms with E-state index < -0.39 is 0 Å². The molecule has 0 saturated carbocycles. The number of likely N-dealkylation sites (tertiary alicyclic amines) is 1. The Balaban J connectivity index is 1.23. The van der Waals surface area contributed by atoms with Gasteiger partial charge in [0.05, 0.1) is 10.4 Å². The molecule has 3 aliphatic rings. The van der Waals surface area contributed by atoms with E-state index in [0.29, 0.717) is 10.9 Å². The molecule has 1 amide bonds. The van der Waals surface area contributed by atoms with Crippen LogP contribution in [-0.2, 0) is 4.79 Å². The van der Waals surface area contributed by atoms with E-state index in [1.807, 2.05) is 24.4 Å². The zero-order chi connectivity index (χ0) is 25.4. The summed E-state index contributed by atoms with van der Waals surface area (Å²) in [5, 5.41) is 1.94. The molecule has 3 aromatic rings. The number of thioether (sulfide) groups is 1. The van der Waals surface area contributed by atoms with E-state index in [1.165, 1.54) is 35.9 Å². The van der Waals surface area contributed by atoms with E-state index in [1.54, 1.807) is 0 Å². The van der Waals surface area contributed by atoms with Crippen LogP contribution >= 0.6 is 11.8 Å². The van der Waals surface area contributed by atoms with E-state index in [4.69, 9.17) is 0 Å². The highest BCUT2D eigenvalue weighted by molar-refractivity contribution is 8.18. The molecule has 37 heavy (non-hydrogen) atoms. The number of hydrogen-bond acceptors (Lipinski definition) is 6. The predicted octanol–water partition coefficient (Wildman–Crippen LogP) is 5.50. The van der Waals surface area contributed by atoms with Gasteiger partial charge in [0.15, 0.2) is 5.17 Å². The Kier molecular flexibility index (Phi) is 6.74. The van der Waals surface area contributed by atoms with E-state index >= 15 is 0 Å². The van der Waals surface area contributed by atoms with Gasteiger partial charge in [-0.25, -0.2) is 0 Å². The van der Waals surface area contributed by atoms with Crippen molar-refractivity contribution in [2.45, 2.75) is 32.7 Å². The first kappa shape index (κ1) is 24.2. The van der Waals surface area contributed by atoms with Crippen molar-refractivity contribution in [3.05, 3.63) is 65.2 Å². The number of amidine groups is 1. The molecule has 6 nitrogen and oxygen atoms in total. The van der Waals surface area contributed by atoms with Gasteiger partial charge in [0.25, 0.3) is 5.91 Å². The third-order valence-electron chi connectivity index (χ3n) is 7.64. The van der Waals surface area contributed by atoms with Crippen molar-refractivity contribution >= 4 is 45.5 Å². The fourth-order valence-corrected chi connectivity index (χ4v) is 6.41. The number of piperazine rings is 1. The fourth-order valence-electron chi connectivity index (χ4n) is 5.45. The van der Waals surface area contributed by atoms with Crippen molar-refractivity contribution in [3.8, 4) is 11.1 Å². The van der Waals surface area contributed by atoms with E-state index in [-0.39, 0.29) is 5.91 Å². The van der Waals surface area contributed by atoms with Crippen LogP contribution in [0.1, 0.15) is 32.3 Å². The average Bonchev–Trinajstić information content (AvgIpc) is 3.59. The third-order valence-corrected chi connectivity index (χ3v) is 8.68. The lowest BCUT2D eigenvalue weighted by Gasteiger charge is -2.38. The smallest absolute Gasteiger partial charge is 0.286 e. The van der Waals surface area contributed by atoms with Crippen LogP contribution in [0.15, 0.2) is 64.6 Å². The van der Waals surface area contributed by atoms with Gasteiger partial charge in [0.1, 0.15) is 0 Å². The van der Waals surface area contributed by atoms with Crippen molar-refractivity contribution < 1.29 is 4.79 Å². The van der Waals surface area contributed by atoms with Gasteiger partial charge in [-0.3, -0.25) is 14.7 Å². The summed E-state index contributed by atoms with van der Waals surface area (Å²) in [6, 6.07) is 17.8. The maximum atomic E-state index is 12.6. The standard InChI is InChI=1S/C30H33N5OS/c1-21(2)33-15-17-34(18-16-33)24-8-6-23(7-9-24)25-11-12-31-27-10-5-22(19-26(25)27)20-28-29(36)32-30(37-28)35-13-3-4-14-35/h5-12,19-21H,3-4,13-18H2,1-2H3/b28-20-. The molecule has 0 bridgehead atoms. The summed E-state index contributed by atoms with van der Waals surface area (Å²) in [5.41, 5.74) is 5.55. The van der Waals surface area contributed by atoms with Gasteiger partial charge in [0, 0.05) is 62.6 Å². The molecule has 3 aliphatic heterocycles. The molecule has 1 aromatic heterocycles. The quantitative estimate of drug-likeness (QED) is 0.431. The molecule has 0 spiro atoms. The Morgan fingerprint density at radius 3 is 2.38 bits per heavy atom. The number of aromatic nitrogens is 1. The molecule has 190 valence electrons. The van der Waals surface area contributed by atoms with Crippen molar-refractivity contribution in [2.75, 3.05) is 44.2 Å². The van der Waals surface area contributed by atoms with Crippen LogP contribution < -0.4 is 4.90 Å². The summed E-state index contributed by atoms with van der Waals surface area (Å²) in [6.45, 7) is 10.9. The van der Waals surface area contributed by atoms with Crippen LogP contribution in [0.4, 0.5) is 5.69 Å². The minimum atomic E-state index is -0.136. The molecule has 0 unspecified atom stereocenters. The van der Waals surface area contributed by atoms with Crippen molar-refractivity contribution in [3.63, 3.8) is 0 Å². The van der Waals surface area contributed by atoms with Crippen LogP contribution in [-0.4, -0.2) is 71.2 Å². The molecule has 6 rings (SSSR count). The molecule has 2 fully saturated rings. The van der Waals surface area contributed by atoms with Gasteiger partial charge in [-0.2, -0.15) is 4.99 Å². The molecule has 0 radical (unpaired) electrons. The Labute approximate surface area is 223 Å². The van der Waals surface area contributed by atoms with Gasteiger partial charge in [-0.1, -0.05) is 18.2 Å². The van der Waals surface area contributed by atoms with Crippen LogP contribution in [0.2, 0.25) is 0 Å². The van der Waals surface area contributed by atoms with Crippen molar-refractivity contribution in [2.24, 2.45) is 4.99 Å². The molecule has 0 atom stereocenters. The first-order valence-corrected chi connectivity index (χ1v) is 14.1. The average molecular weight is 512 g/mol. The van der Waals surface area contributed by atoms with E-state index in [2.05, 4.69) is 74.9 Å². The summed E-state index contributed by atoms with van der Waals surface area (Å²) in [4.78, 5) is 29.4. The van der Waals surface area contributed by atoms with Gasteiger partial charge < -0.3 is 9.80 Å². The highest BCUT2D eigenvalue weighted by Gasteiger charge is 2.27. The van der Waals surface area contributed by atoms with Gasteiger partial charge in [0.2, 0.25) is 0 Å². The summed E-state index contributed by atoms with van der Waals surface area (Å²) < 4.78 is 0. The molecule has 2 aromatic carbocycles. The first-order valence-electron chi connectivity index (χ1n) is 13.3. The number of amides is 1. The second-order valence-corrected chi connectivity index (χ2v) is 11.3. The molecule has 0 N–H and O–H groups in total. The molecule has 7 heteroatoms. The predicted molar refractivity (Wildman–Crippen MR) is 155 cm³/mol. The van der Waals surface area contributed by atoms with E-state index in [9.17, 15) is 4.79 Å². The summed E-state index contributed by atoms with van der Waals surface area (Å²) in [5.74, 6) is -0.136. The highest BCUT2D eigenvalue weighted by Crippen LogP contribution is 2.34. The number of nitrogens with zero attached hydrogens (tertiary/aromatic N) is 5. The first-order chi connectivity index (χ1) is 18.0. The molecule has 4 heterocycles. The Morgan fingerprint density at radius 2 is 1.65 bits per heavy atom. The Morgan fingerprint density at radius 1 is 0.892 bits per heavy atom. The van der Waals surface area contributed by atoms with Gasteiger partial charge >= 0.3 is 0 Å². The summed E-state index contributed by atoms with van der Waals surface area (Å²) in [7, 11) is 0. The normalized spacial score (nSPS) is 20.0. The van der Waals surface area contributed by atoms with E-state index in [0.717, 1.165) is 66.5 Å². The lowest BCUT2D eigenvalue weighted by atomic mass is 9.99. The molecule has 2 saturated heterocycles. The largest absolute Gasteiger partial charge is 0.369 e. The van der Waals surface area contributed by atoms with Crippen molar-refractivity contribution in [1.82, 2.24) is 14.8 Å². The Hall–Kier alpha value is -3.16. The van der Waals surface area contributed by atoms with Crippen molar-refractivity contribution in [1.29, 1.82) is 0 Å². The lowest BCUT2D eigenvalue weighted by Crippen LogP contribution is -2.48. The van der Waals surface area contributed by atoms with Crippen LogP contribution in [0.5, 0.6) is 0 Å². The van der Waals surface area contributed by atoms with Crippen LogP contribution in [0.3, 0.4) is 0 Å². The number of aliphatic imine (C=N–C) groups is 1. The monoisotopic (exact) mass is 511 g/mol. The number of carbonyl (C=O) groups is 1. The zero-order valence-electron chi connectivity index (χ0n) is 21.6. The molecular formula is C30H33N5OS. The number of anilines is 1. The number of fused-ring (bicyclic) bond motifs is 1. The number of rotatable bonds is 4. The SMILES string of the molecule is CC(C)N1CCN(c2ccc(-c3ccnc4ccc(/C=C5\SC(N6CCCC6)=NC5=O)cc34)cc2)CC1. The summed E-state index contributed by atoms with van der Waals surface area (Å²) >= 11 is 1.50. The number of carbonyl (C=O) groups excluding carboxylic acids is 1. The second-order valence-electron chi connectivity index (χ2n) is 10.3. The summed E-state index contributed by atoms with van der Waals surface area (Å²) in [6.07, 6.45) is 6.18. The third kappa shape index (κ3) is 5.03. The number of benzene rings is 2. The topological polar surface area (TPSA) is 52.0 Å². The van der Waals surface area contributed by atoms with Gasteiger partial charge in [-0.05, 0) is 91.5 Å². The minimum Gasteiger partial charge on any atom is -0.369 e. The maximum Gasteiger partial charge on any atom is 0.286 e. The zero-order valence-corrected chi connectivity index (χ0v) is 22.4. The van der Waals surface area contributed by atoms with Crippen LogP contribution in [0, 0.1) is 0 Å². The number of hydrogen-bond donors (Lipinski definition) is 0. The molecule has 0 aliphatic carbocycles. The number of pyridine rings is 1. The Bertz CT molecular complexity index is 1370. The minimum absolute atomic E-state index is 0.136. The maximum absolute atomic E-state index is 12.6. The van der Waals surface area contributed by atoms with Gasteiger partial charge in [-0.15, -0.1) is 0 Å².